The molecule has 1 aliphatic heterocycles. The van der Waals surface area contributed by atoms with Gasteiger partial charge in [-0.25, -0.2) is 8.42 Å². The van der Waals surface area contributed by atoms with Gasteiger partial charge in [-0.05, 0) is 6.54 Å². The lowest BCUT2D eigenvalue weighted by Gasteiger charge is -2.32. The van der Waals surface area contributed by atoms with Crippen molar-refractivity contribution in [3.05, 3.63) is 0 Å². The summed E-state index contributed by atoms with van der Waals surface area (Å²) in [5, 5.41) is 0. The quantitative estimate of drug-likeness (QED) is 0.687. The second-order valence-electron chi connectivity index (χ2n) is 3.10. The standard InChI is InChI=1S/C7H16N2O2S.C2H6/c1-3-8-4-6-9(7-5-8)12(2,10)11;1-2/h3-7H2,1-2H3;1-2H3. The highest BCUT2D eigenvalue weighted by Crippen LogP contribution is 2.04. The van der Waals surface area contributed by atoms with Gasteiger partial charge in [0, 0.05) is 26.2 Å². The van der Waals surface area contributed by atoms with E-state index >= 15 is 0 Å². The lowest BCUT2D eigenvalue weighted by molar-refractivity contribution is 0.197. The van der Waals surface area contributed by atoms with Crippen molar-refractivity contribution in [2.24, 2.45) is 0 Å². The molecule has 0 aromatic carbocycles. The van der Waals surface area contributed by atoms with Crippen molar-refractivity contribution in [1.82, 2.24) is 9.21 Å². The largest absolute Gasteiger partial charge is 0.301 e. The van der Waals surface area contributed by atoms with Gasteiger partial charge in [-0.3, -0.25) is 0 Å². The predicted molar refractivity (Wildman–Crippen MR) is 59.9 cm³/mol. The maximum atomic E-state index is 11.1. The average Bonchev–Trinajstić information content (AvgIpc) is 2.20. The van der Waals surface area contributed by atoms with Gasteiger partial charge in [-0.15, -0.1) is 0 Å². The maximum absolute atomic E-state index is 11.1. The zero-order chi connectivity index (χ0) is 11.2. The molecule has 1 rings (SSSR count). The first-order valence-electron chi connectivity index (χ1n) is 5.21. The summed E-state index contributed by atoms with van der Waals surface area (Å²) in [6, 6.07) is 0. The van der Waals surface area contributed by atoms with Crippen LogP contribution in [0.4, 0.5) is 0 Å². The fourth-order valence-electron chi connectivity index (χ4n) is 1.38. The van der Waals surface area contributed by atoms with E-state index in [1.165, 1.54) is 6.26 Å². The molecule has 0 saturated carbocycles. The molecule has 0 N–H and O–H groups in total. The summed E-state index contributed by atoms with van der Waals surface area (Å²) in [6.07, 6.45) is 1.27. The van der Waals surface area contributed by atoms with Gasteiger partial charge in [0.2, 0.25) is 10.0 Å². The Morgan fingerprint density at radius 3 is 1.79 bits per heavy atom. The highest BCUT2D eigenvalue weighted by atomic mass is 32.2. The highest BCUT2D eigenvalue weighted by Gasteiger charge is 2.21. The summed E-state index contributed by atoms with van der Waals surface area (Å²) < 4.78 is 23.7. The second kappa shape index (κ2) is 6.37. The van der Waals surface area contributed by atoms with Gasteiger partial charge in [-0.2, -0.15) is 4.31 Å². The molecule has 1 heterocycles. The number of rotatable bonds is 2. The van der Waals surface area contributed by atoms with E-state index in [0.29, 0.717) is 13.1 Å². The number of hydrogen-bond acceptors (Lipinski definition) is 3. The fourth-order valence-corrected chi connectivity index (χ4v) is 2.20. The number of nitrogens with zero attached hydrogens (tertiary/aromatic N) is 2. The van der Waals surface area contributed by atoms with Crippen LogP contribution in [-0.4, -0.2) is 56.6 Å². The third-order valence-electron chi connectivity index (χ3n) is 2.25. The van der Waals surface area contributed by atoms with Crippen LogP contribution in [-0.2, 0) is 10.0 Å². The Hall–Kier alpha value is -0.130. The normalized spacial score (nSPS) is 20.0. The first kappa shape index (κ1) is 13.9. The van der Waals surface area contributed by atoms with Crippen LogP contribution < -0.4 is 0 Å². The molecule has 1 aliphatic rings. The SMILES string of the molecule is CC.CCN1CCN(S(C)(=O)=O)CC1. The Morgan fingerprint density at radius 1 is 1.07 bits per heavy atom. The van der Waals surface area contributed by atoms with E-state index in [1.807, 2.05) is 13.8 Å². The van der Waals surface area contributed by atoms with Crippen molar-refractivity contribution in [2.75, 3.05) is 39.0 Å². The third kappa shape index (κ3) is 4.39. The van der Waals surface area contributed by atoms with E-state index < -0.39 is 10.0 Å². The van der Waals surface area contributed by atoms with Gasteiger partial charge in [0.25, 0.3) is 0 Å². The van der Waals surface area contributed by atoms with Gasteiger partial charge >= 0.3 is 0 Å². The molecule has 0 aromatic rings. The summed E-state index contributed by atoms with van der Waals surface area (Å²) in [6.45, 7) is 10.1. The van der Waals surface area contributed by atoms with E-state index in [0.717, 1.165) is 19.6 Å². The van der Waals surface area contributed by atoms with E-state index in [1.54, 1.807) is 4.31 Å². The van der Waals surface area contributed by atoms with Crippen LogP contribution >= 0.6 is 0 Å². The van der Waals surface area contributed by atoms with Gasteiger partial charge in [0.05, 0.1) is 6.26 Å². The molecule has 0 radical (unpaired) electrons. The molecular formula is C9H22N2O2S. The first-order valence-corrected chi connectivity index (χ1v) is 7.06. The Labute approximate surface area is 87.9 Å². The maximum Gasteiger partial charge on any atom is 0.211 e. The van der Waals surface area contributed by atoms with Crippen LogP contribution in [0, 0.1) is 0 Å². The Balaban J connectivity index is 0.000000791. The minimum absolute atomic E-state index is 0.646. The monoisotopic (exact) mass is 222 g/mol. The molecule has 0 atom stereocenters. The smallest absolute Gasteiger partial charge is 0.211 e. The molecular weight excluding hydrogens is 200 g/mol. The summed E-state index contributed by atoms with van der Waals surface area (Å²) in [5.74, 6) is 0. The molecule has 14 heavy (non-hydrogen) atoms. The van der Waals surface area contributed by atoms with Crippen LogP contribution in [0.25, 0.3) is 0 Å². The van der Waals surface area contributed by atoms with Crippen LogP contribution in [0.5, 0.6) is 0 Å². The van der Waals surface area contributed by atoms with E-state index in [4.69, 9.17) is 0 Å². The van der Waals surface area contributed by atoms with E-state index in [-0.39, 0.29) is 0 Å². The molecule has 0 bridgehead atoms. The molecule has 0 amide bonds. The van der Waals surface area contributed by atoms with Gasteiger partial charge in [0.15, 0.2) is 0 Å². The zero-order valence-corrected chi connectivity index (χ0v) is 10.5. The van der Waals surface area contributed by atoms with Crippen molar-refractivity contribution in [3.8, 4) is 0 Å². The van der Waals surface area contributed by atoms with Gasteiger partial charge < -0.3 is 4.90 Å². The Kier molecular flexibility index (Phi) is 6.31. The summed E-state index contributed by atoms with van der Waals surface area (Å²) >= 11 is 0. The minimum atomic E-state index is -2.95. The van der Waals surface area contributed by atoms with Gasteiger partial charge in [-0.1, -0.05) is 20.8 Å². The predicted octanol–water partition coefficient (Wildman–Crippen LogP) is 0.610. The molecule has 1 fully saturated rings. The number of piperazine rings is 1. The molecule has 1 saturated heterocycles. The molecule has 5 heteroatoms. The third-order valence-corrected chi connectivity index (χ3v) is 3.55. The summed E-state index contributed by atoms with van der Waals surface area (Å²) in [4.78, 5) is 2.25. The number of hydrogen-bond donors (Lipinski definition) is 0. The van der Waals surface area contributed by atoms with Crippen molar-refractivity contribution in [3.63, 3.8) is 0 Å². The topological polar surface area (TPSA) is 40.6 Å². The molecule has 0 unspecified atom stereocenters. The molecule has 0 spiro atoms. The average molecular weight is 222 g/mol. The van der Waals surface area contributed by atoms with Crippen molar-refractivity contribution in [2.45, 2.75) is 20.8 Å². The van der Waals surface area contributed by atoms with Crippen molar-refractivity contribution in [1.29, 1.82) is 0 Å². The number of likely N-dealkylation sites (N-methyl/N-ethyl adjacent to an activating group) is 1. The molecule has 4 nitrogen and oxygen atoms in total. The minimum Gasteiger partial charge on any atom is -0.301 e. The lowest BCUT2D eigenvalue weighted by atomic mass is 10.4. The molecule has 86 valence electrons. The fraction of sp³-hybridized carbons (Fsp3) is 1.00. The van der Waals surface area contributed by atoms with E-state index in [9.17, 15) is 8.42 Å². The van der Waals surface area contributed by atoms with Crippen molar-refractivity contribution < 1.29 is 8.42 Å². The Bertz CT molecular complexity index is 231. The second-order valence-corrected chi connectivity index (χ2v) is 5.08. The lowest BCUT2D eigenvalue weighted by Crippen LogP contribution is -2.48. The van der Waals surface area contributed by atoms with Crippen LogP contribution in [0.3, 0.4) is 0 Å². The van der Waals surface area contributed by atoms with Crippen LogP contribution in [0.15, 0.2) is 0 Å². The number of sulfonamides is 1. The van der Waals surface area contributed by atoms with Crippen molar-refractivity contribution >= 4 is 10.0 Å². The van der Waals surface area contributed by atoms with E-state index in [2.05, 4.69) is 11.8 Å². The summed E-state index contributed by atoms with van der Waals surface area (Å²) in [7, 11) is -2.95. The zero-order valence-electron chi connectivity index (χ0n) is 9.65. The van der Waals surface area contributed by atoms with Gasteiger partial charge in [0.1, 0.15) is 0 Å². The molecule has 0 aliphatic carbocycles. The highest BCUT2D eigenvalue weighted by molar-refractivity contribution is 7.88. The molecule has 0 aromatic heterocycles. The Morgan fingerprint density at radius 2 is 1.50 bits per heavy atom. The van der Waals surface area contributed by atoms with Crippen LogP contribution in [0.1, 0.15) is 20.8 Å². The first-order chi connectivity index (χ1) is 6.54. The summed E-state index contributed by atoms with van der Waals surface area (Å²) in [5.41, 5.74) is 0. The van der Waals surface area contributed by atoms with Crippen LogP contribution in [0.2, 0.25) is 0 Å².